The van der Waals surface area contributed by atoms with E-state index in [0.717, 1.165) is 17.3 Å². The molecule has 4 heteroatoms. The van der Waals surface area contributed by atoms with Crippen LogP contribution in [0.2, 0.25) is 0 Å². The van der Waals surface area contributed by atoms with Gasteiger partial charge in [0.2, 0.25) is 0 Å². The molecule has 0 spiro atoms. The maximum Gasteiger partial charge on any atom is 0.191 e. The number of ether oxygens (including phenoxy) is 1. The molecule has 2 rings (SSSR count). The van der Waals surface area contributed by atoms with E-state index >= 15 is 0 Å². The molecule has 0 saturated carbocycles. The van der Waals surface area contributed by atoms with Crippen LogP contribution in [0.25, 0.3) is 0 Å². The quantitative estimate of drug-likeness (QED) is 0.634. The van der Waals surface area contributed by atoms with Gasteiger partial charge in [-0.2, -0.15) is 0 Å². The number of benzene rings is 2. The second-order valence-electron chi connectivity index (χ2n) is 5.28. The Labute approximate surface area is 138 Å². The molecule has 0 fully saturated rings. The molecule has 4 nitrogen and oxygen atoms in total. The van der Waals surface area contributed by atoms with Crippen molar-refractivity contribution in [3.8, 4) is 5.75 Å². The van der Waals surface area contributed by atoms with Gasteiger partial charge in [0.05, 0.1) is 12.6 Å². The van der Waals surface area contributed by atoms with Crippen molar-refractivity contribution in [3.63, 3.8) is 0 Å². The Morgan fingerprint density at radius 3 is 2.61 bits per heavy atom. The summed E-state index contributed by atoms with van der Waals surface area (Å²) in [6, 6.07) is 18.6. The Kier molecular flexibility index (Phi) is 6.48. The first-order valence-electron chi connectivity index (χ1n) is 7.96. The molecular weight excluding hydrogens is 286 g/mol. The van der Waals surface area contributed by atoms with E-state index in [1.54, 1.807) is 7.05 Å². The van der Waals surface area contributed by atoms with E-state index in [4.69, 9.17) is 4.74 Å². The van der Waals surface area contributed by atoms with Gasteiger partial charge in [-0.3, -0.25) is 4.99 Å². The lowest BCUT2D eigenvalue weighted by Crippen LogP contribution is -2.38. The van der Waals surface area contributed by atoms with Crippen LogP contribution in [-0.4, -0.2) is 19.6 Å². The second-order valence-corrected chi connectivity index (χ2v) is 5.28. The van der Waals surface area contributed by atoms with Gasteiger partial charge in [-0.15, -0.1) is 0 Å². The number of hydrogen-bond acceptors (Lipinski definition) is 2. The highest BCUT2D eigenvalue weighted by molar-refractivity contribution is 5.80. The van der Waals surface area contributed by atoms with Gasteiger partial charge in [-0.1, -0.05) is 42.5 Å². The average Bonchev–Trinajstić information content (AvgIpc) is 2.60. The minimum atomic E-state index is 0.192. The first kappa shape index (κ1) is 16.9. The molecule has 0 aliphatic heterocycles. The Morgan fingerprint density at radius 2 is 1.91 bits per heavy atom. The molecule has 122 valence electrons. The lowest BCUT2D eigenvalue weighted by atomic mass is 10.1. The molecule has 2 N–H and O–H groups in total. The molecular formula is C19H25N3O. The summed E-state index contributed by atoms with van der Waals surface area (Å²) in [5, 5.41) is 6.74. The van der Waals surface area contributed by atoms with Gasteiger partial charge < -0.3 is 15.4 Å². The Morgan fingerprint density at radius 1 is 1.13 bits per heavy atom. The molecule has 0 amide bonds. The average molecular weight is 311 g/mol. The summed E-state index contributed by atoms with van der Waals surface area (Å²) >= 11 is 0. The summed E-state index contributed by atoms with van der Waals surface area (Å²) in [6.07, 6.45) is 0. The number of aliphatic imine (C=N–C) groups is 1. The van der Waals surface area contributed by atoms with E-state index in [-0.39, 0.29) is 6.04 Å². The fourth-order valence-electron chi connectivity index (χ4n) is 2.32. The van der Waals surface area contributed by atoms with E-state index in [0.29, 0.717) is 13.2 Å². The third-order valence-corrected chi connectivity index (χ3v) is 3.55. The van der Waals surface area contributed by atoms with Crippen molar-refractivity contribution in [1.82, 2.24) is 10.6 Å². The van der Waals surface area contributed by atoms with Gasteiger partial charge in [0.25, 0.3) is 0 Å². The fourth-order valence-corrected chi connectivity index (χ4v) is 2.32. The van der Waals surface area contributed by atoms with Crippen LogP contribution in [0, 0.1) is 0 Å². The van der Waals surface area contributed by atoms with Crippen LogP contribution in [-0.2, 0) is 6.54 Å². The van der Waals surface area contributed by atoms with Crippen molar-refractivity contribution in [2.75, 3.05) is 13.7 Å². The molecule has 0 bridgehead atoms. The molecule has 1 unspecified atom stereocenters. The summed E-state index contributed by atoms with van der Waals surface area (Å²) in [4.78, 5) is 4.29. The molecule has 0 aliphatic carbocycles. The van der Waals surface area contributed by atoms with Crippen molar-refractivity contribution >= 4 is 5.96 Å². The molecule has 0 aromatic heterocycles. The van der Waals surface area contributed by atoms with Gasteiger partial charge >= 0.3 is 0 Å². The zero-order valence-corrected chi connectivity index (χ0v) is 14.0. The molecule has 0 radical (unpaired) electrons. The van der Waals surface area contributed by atoms with Crippen LogP contribution < -0.4 is 15.4 Å². The second kappa shape index (κ2) is 8.83. The molecule has 0 saturated heterocycles. The number of guanidine groups is 1. The van der Waals surface area contributed by atoms with Gasteiger partial charge in [-0.25, -0.2) is 0 Å². The molecule has 2 aromatic carbocycles. The largest absolute Gasteiger partial charge is 0.494 e. The fraction of sp³-hybridized carbons (Fsp3) is 0.316. The number of rotatable bonds is 6. The van der Waals surface area contributed by atoms with Crippen LogP contribution >= 0.6 is 0 Å². The van der Waals surface area contributed by atoms with Crippen molar-refractivity contribution in [1.29, 1.82) is 0 Å². The van der Waals surface area contributed by atoms with Crippen LogP contribution in [0.1, 0.15) is 31.0 Å². The van der Waals surface area contributed by atoms with Gasteiger partial charge in [0.15, 0.2) is 5.96 Å². The standard InChI is InChI=1S/C19H25N3O/c1-4-23-18-12-8-9-16(13-18)14-21-19(20-3)22-15(2)17-10-6-5-7-11-17/h5-13,15H,4,14H2,1-3H3,(H2,20,21,22). The minimum Gasteiger partial charge on any atom is -0.494 e. The number of hydrogen-bond donors (Lipinski definition) is 2. The number of nitrogens with one attached hydrogen (secondary N) is 2. The van der Waals surface area contributed by atoms with Crippen molar-refractivity contribution in [2.24, 2.45) is 4.99 Å². The molecule has 23 heavy (non-hydrogen) atoms. The lowest BCUT2D eigenvalue weighted by molar-refractivity contribution is 0.340. The maximum atomic E-state index is 5.53. The van der Waals surface area contributed by atoms with Crippen LogP contribution in [0.3, 0.4) is 0 Å². The predicted octanol–water partition coefficient (Wildman–Crippen LogP) is 3.51. The van der Waals surface area contributed by atoms with Gasteiger partial charge in [0, 0.05) is 13.6 Å². The summed E-state index contributed by atoms with van der Waals surface area (Å²) in [6.45, 7) is 5.48. The summed E-state index contributed by atoms with van der Waals surface area (Å²) in [5.74, 6) is 1.68. The lowest BCUT2D eigenvalue weighted by Gasteiger charge is -2.18. The van der Waals surface area contributed by atoms with Crippen molar-refractivity contribution < 1.29 is 4.74 Å². The Balaban J connectivity index is 1.91. The third kappa shape index (κ3) is 5.33. The smallest absolute Gasteiger partial charge is 0.191 e. The van der Waals surface area contributed by atoms with E-state index in [9.17, 15) is 0 Å². The first-order chi connectivity index (χ1) is 11.2. The zero-order chi connectivity index (χ0) is 16.5. The summed E-state index contributed by atoms with van der Waals surface area (Å²) in [7, 11) is 1.78. The minimum absolute atomic E-state index is 0.192. The highest BCUT2D eigenvalue weighted by atomic mass is 16.5. The van der Waals surface area contributed by atoms with Crippen molar-refractivity contribution in [2.45, 2.75) is 26.4 Å². The number of nitrogens with zero attached hydrogens (tertiary/aromatic N) is 1. The monoisotopic (exact) mass is 311 g/mol. The van der Waals surface area contributed by atoms with E-state index in [1.165, 1.54) is 5.56 Å². The van der Waals surface area contributed by atoms with E-state index in [1.807, 2.05) is 43.3 Å². The summed E-state index contributed by atoms with van der Waals surface area (Å²) in [5.41, 5.74) is 2.39. The van der Waals surface area contributed by atoms with Crippen LogP contribution in [0.5, 0.6) is 5.75 Å². The van der Waals surface area contributed by atoms with E-state index in [2.05, 4.69) is 40.7 Å². The normalized spacial score (nSPS) is 12.6. The highest BCUT2D eigenvalue weighted by Crippen LogP contribution is 2.13. The van der Waals surface area contributed by atoms with Gasteiger partial charge in [-0.05, 0) is 37.1 Å². The Hall–Kier alpha value is -2.49. The first-order valence-corrected chi connectivity index (χ1v) is 7.96. The zero-order valence-electron chi connectivity index (χ0n) is 14.0. The predicted molar refractivity (Wildman–Crippen MR) is 95.8 cm³/mol. The van der Waals surface area contributed by atoms with Crippen molar-refractivity contribution in [3.05, 3.63) is 65.7 Å². The van der Waals surface area contributed by atoms with Crippen LogP contribution in [0.15, 0.2) is 59.6 Å². The molecule has 0 aliphatic rings. The Bertz CT molecular complexity index is 626. The molecule has 0 heterocycles. The topological polar surface area (TPSA) is 45.6 Å². The maximum absolute atomic E-state index is 5.53. The van der Waals surface area contributed by atoms with E-state index < -0.39 is 0 Å². The third-order valence-electron chi connectivity index (χ3n) is 3.55. The van der Waals surface area contributed by atoms with Gasteiger partial charge in [0.1, 0.15) is 5.75 Å². The van der Waals surface area contributed by atoms with Crippen LogP contribution in [0.4, 0.5) is 0 Å². The molecule has 2 aromatic rings. The molecule has 1 atom stereocenters. The SMILES string of the molecule is CCOc1cccc(CNC(=NC)NC(C)c2ccccc2)c1. The summed E-state index contributed by atoms with van der Waals surface area (Å²) < 4.78 is 5.53. The highest BCUT2D eigenvalue weighted by Gasteiger charge is 2.07.